The molecule has 0 spiro atoms. The van der Waals surface area contributed by atoms with E-state index in [0.717, 1.165) is 11.3 Å². The molecule has 5 rings (SSSR count). The van der Waals surface area contributed by atoms with Crippen LogP contribution in [-0.2, 0) is 21.2 Å². The molecule has 9 heteroatoms. The Labute approximate surface area is 206 Å². The number of aryl methyl sites for hydroxylation is 2. The van der Waals surface area contributed by atoms with E-state index in [4.69, 9.17) is 0 Å². The lowest BCUT2D eigenvalue weighted by Crippen LogP contribution is -2.66. The van der Waals surface area contributed by atoms with Crippen LogP contribution in [0.25, 0.3) is 0 Å². The van der Waals surface area contributed by atoms with Gasteiger partial charge in [-0.15, -0.1) is 0 Å². The second kappa shape index (κ2) is 8.86. The van der Waals surface area contributed by atoms with Crippen LogP contribution in [0.15, 0.2) is 48.5 Å². The Kier molecular flexibility index (Phi) is 5.99. The second-order valence-electron chi connectivity index (χ2n) is 9.83. The van der Waals surface area contributed by atoms with Gasteiger partial charge in [0.05, 0.1) is 11.8 Å². The number of carbonyl (C=O) groups is 2. The van der Waals surface area contributed by atoms with Gasteiger partial charge in [0.1, 0.15) is 0 Å². The normalized spacial score (nSPS) is 22.9. The fraction of sp³-hybridized carbons (Fsp3) is 0.462. The summed E-state index contributed by atoms with van der Waals surface area (Å²) in [6, 6.07) is 15.0. The van der Waals surface area contributed by atoms with Gasteiger partial charge < -0.3 is 15.1 Å². The van der Waals surface area contributed by atoms with Gasteiger partial charge in [0, 0.05) is 38.4 Å². The van der Waals surface area contributed by atoms with Gasteiger partial charge in [-0.1, -0.05) is 42.5 Å². The first-order chi connectivity index (χ1) is 16.7. The van der Waals surface area contributed by atoms with Crippen LogP contribution >= 0.6 is 0 Å². The van der Waals surface area contributed by atoms with Crippen molar-refractivity contribution in [3.05, 3.63) is 65.2 Å². The Hall–Kier alpha value is -3.07. The topological polar surface area (TPSA) is 90.0 Å². The number of hydrogen-bond donors (Lipinski definition) is 1. The molecule has 2 aromatic rings. The van der Waals surface area contributed by atoms with Gasteiger partial charge in [-0.2, -0.15) is 0 Å². The number of piperazine rings is 1. The predicted octanol–water partition coefficient (Wildman–Crippen LogP) is 2.45. The summed E-state index contributed by atoms with van der Waals surface area (Å²) >= 11 is 0. The highest BCUT2D eigenvalue weighted by Gasteiger charge is 2.65. The molecule has 0 unspecified atom stereocenters. The summed E-state index contributed by atoms with van der Waals surface area (Å²) in [5.41, 5.74) is 4.27. The maximum absolute atomic E-state index is 14.1. The highest BCUT2D eigenvalue weighted by atomic mass is 32.2. The predicted molar refractivity (Wildman–Crippen MR) is 135 cm³/mol. The van der Waals surface area contributed by atoms with Crippen LogP contribution in [-0.4, -0.2) is 73.0 Å². The number of urea groups is 1. The van der Waals surface area contributed by atoms with Crippen molar-refractivity contribution in [2.45, 2.75) is 43.4 Å². The van der Waals surface area contributed by atoms with Gasteiger partial charge in [-0.3, -0.25) is 9.69 Å². The van der Waals surface area contributed by atoms with Crippen molar-refractivity contribution >= 4 is 27.5 Å². The molecule has 0 bridgehead atoms. The molecule has 2 heterocycles. The molecule has 0 radical (unpaired) electrons. The van der Waals surface area contributed by atoms with Crippen LogP contribution in [0.4, 0.5) is 10.5 Å². The number of benzene rings is 2. The molecule has 1 aliphatic carbocycles. The summed E-state index contributed by atoms with van der Waals surface area (Å²) in [6.45, 7) is 6.00. The SMILES string of the molecule is Cc1ccc(C)c(N2CCN(C(=O)[C@@]3(S(=O)(=O)C4CC4)CNC(=O)N3Cc3ccccc3)CC2)c1. The molecule has 3 amide bonds. The summed E-state index contributed by atoms with van der Waals surface area (Å²) in [5.74, 6) is -0.487. The molecule has 186 valence electrons. The van der Waals surface area contributed by atoms with Crippen molar-refractivity contribution in [1.82, 2.24) is 15.1 Å². The molecule has 8 nitrogen and oxygen atoms in total. The van der Waals surface area contributed by atoms with E-state index in [1.807, 2.05) is 30.3 Å². The molecule has 2 aromatic carbocycles. The first kappa shape index (κ1) is 23.7. The van der Waals surface area contributed by atoms with Crippen LogP contribution in [0.2, 0.25) is 0 Å². The fourth-order valence-corrected chi connectivity index (χ4v) is 7.60. The van der Waals surface area contributed by atoms with E-state index in [-0.39, 0.29) is 13.1 Å². The average molecular weight is 497 g/mol. The fourth-order valence-electron chi connectivity index (χ4n) is 5.19. The van der Waals surface area contributed by atoms with E-state index in [1.165, 1.54) is 16.0 Å². The zero-order chi connectivity index (χ0) is 24.8. The molecule has 0 aromatic heterocycles. The van der Waals surface area contributed by atoms with Gasteiger partial charge in [0.2, 0.25) is 4.87 Å². The highest BCUT2D eigenvalue weighted by Crippen LogP contribution is 2.41. The third kappa shape index (κ3) is 4.05. The van der Waals surface area contributed by atoms with Gasteiger partial charge in [-0.25, -0.2) is 13.2 Å². The highest BCUT2D eigenvalue weighted by molar-refractivity contribution is 7.94. The summed E-state index contributed by atoms with van der Waals surface area (Å²) in [4.78, 5) is 30.3. The monoisotopic (exact) mass is 496 g/mol. The van der Waals surface area contributed by atoms with Crippen molar-refractivity contribution < 1.29 is 18.0 Å². The number of carbonyl (C=O) groups excluding carboxylic acids is 2. The second-order valence-corrected chi connectivity index (χ2v) is 12.3. The van der Waals surface area contributed by atoms with Crippen LogP contribution < -0.4 is 10.2 Å². The number of hydrogen-bond acceptors (Lipinski definition) is 5. The first-order valence-electron chi connectivity index (χ1n) is 12.2. The van der Waals surface area contributed by atoms with E-state index in [2.05, 4.69) is 42.3 Å². The van der Waals surface area contributed by atoms with Gasteiger partial charge in [-0.05, 0) is 49.4 Å². The maximum atomic E-state index is 14.1. The molecular formula is C26H32N4O4S. The Balaban J connectivity index is 1.44. The van der Waals surface area contributed by atoms with Crippen molar-refractivity contribution in [1.29, 1.82) is 0 Å². The number of nitrogens with zero attached hydrogens (tertiary/aromatic N) is 3. The van der Waals surface area contributed by atoms with Gasteiger partial charge in [0.15, 0.2) is 9.84 Å². The zero-order valence-electron chi connectivity index (χ0n) is 20.2. The van der Waals surface area contributed by atoms with Crippen molar-refractivity contribution in [3.63, 3.8) is 0 Å². The quantitative estimate of drug-likeness (QED) is 0.664. The van der Waals surface area contributed by atoms with Gasteiger partial charge >= 0.3 is 6.03 Å². The van der Waals surface area contributed by atoms with Crippen LogP contribution in [0.3, 0.4) is 0 Å². The Morgan fingerprint density at radius 2 is 1.71 bits per heavy atom. The maximum Gasteiger partial charge on any atom is 0.319 e. The lowest BCUT2D eigenvalue weighted by atomic mass is 10.1. The van der Waals surface area contributed by atoms with Crippen molar-refractivity contribution in [2.24, 2.45) is 0 Å². The van der Waals surface area contributed by atoms with E-state index < -0.39 is 31.9 Å². The van der Waals surface area contributed by atoms with Crippen LogP contribution in [0.1, 0.15) is 29.5 Å². The summed E-state index contributed by atoms with van der Waals surface area (Å²) in [7, 11) is -3.92. The van der Waals surface area contributed by atoms with Crippen LogP contribution in [0.5, 0.6) is 0 Å². The summed E-state index contributed by atoms with van der Waals surface area (Å²) in [6.07, 6.45) is 1.07. The first-order valence-corrected chi connectivity index (χ1v) is 13.7. The molecule has 1 saturated carbocycles. The minimum Gasteiger partial charge on any atom is -0.368 e. The molecular weight excluding hydrogens is 464 g/mol. The Bertz CT molecular complexity index is 1240. The van der Waals surface area contributed by atoms with Crippen molar-refractivity contribution in [3.8, 4) is 0 Å². The van der Waals surface area contributed by atoms with Crippen LogP contribution in [0, 0.1) is 13.8 Å². The number of amides is 3. The minimum atomic E-state index is -3.92. The van der Waals surface area contributed by atoms with Crippen molar-refractivity contribution in [2.75, 3.05) is 37.6 Å². The molecule has 1 atom stereocenters. The Morgan fingerprint density at radius 3 is 2.37 bits per heavy atom. The van der Waals surface area contributed by atoms with E-state index in [1.54, 1.807) is 4.90 Å². The lowest BCUT2D eigenvalue weighted by Gasteiger charge is -2.42. The molecule has 3 aliphatic rings. The summed E-state index contributed by atoms with van der Waals surface area (Å²) in [5, 5.41) is 2.11. The van der Waals surface area contributed by atoms with Gasteiger partial charge in [0.25, 0.3) is 5.91 Å². The van der Waals surface area contributed by atoms with E-state index in [0.29, 0.717) is 39.0 Å². The molecule has 3 fully saturated rings. The molecule has 35 heavy (non-hydrogen) atoms. The minimum absolute atomic E-state index is 0.0623. The number of nitrogens with one attached hydrogen (secondary N) is 1. The molecule has 2 saturated heterocycles. The molecule has 2 aliphatic heterocycles. The number of sulfone groups is 1. The number of rotatable bonds is 6. The summed E-state index contributed by atoms with van der Waals surface area (Å²) < 4.78 is 27.6. The lowest BCUT2D eigenvalue weighted by molar-refractivity contribution is -0.137. The Morgan fingerprint density at radius 1 is 1.03 bits per heavy atom. The average Bonchev–Trinajstić information content (AvgIpc) is 3.67. The zero-order valence-corrected chi connectivity index (χ0v) is 21.1. The third-order valence-electron chi connectivity index (χ3n) is 7.38. The largest absolute Gasteiger partial charge is 0.368 e. The standard InChI is InChI=1S/C26H32N4O4S/c1-19-8-9-20(2)23(16-19)28-12-14-29(15-13-28)24(31)26(35(33,34)22-10-11-22)18-27-25(32)30(26)17-21-6-4-3-5-7-21/h3-9,16,22H,10-15,17-18H2,1-2H3,(H,27,32)/t26-/m0/s1. The molecule has 1 N–H and O–H groups in total. The number of anilines is 1. The van der Waals surface area contributed by atoms with E-state index in [9.17, 15) is 18.0 Å². The van der Waals surface area contributed by atoms with E-state index >= 15 is 0 Å². The third-order valence-corrected chi connectivity index (χ3v) is 10.2. The smallest absolute Gasteiger partial charge is 0.319 e.